The third-order valence-corrected chi connectivity index (χ3v) is 5.29. The first-order valence-electron chi connectivity index (χ1n) is 8.02. The number of halogens is 3. The average Bonchev–Trinajstić information content (AvgIpc) is 2.58. The maximum atomic E-state index is 13.0. The van der Waals surface area contributed by atoms with Crippen molar-refractivity contribution < 1.29 is 9.59 Å². The number of amides is 2. The topological polar surface area (TPSA) is 40.6 Å². The molecular weight excluding hydrogens is 371 g/mol. The van der Waals surface area contributed by atoms with E-state index in [1.165, 1.54) is 0 Å². The second kappa shape index (κ2) is 8.93. The van der Waals surface area contributed by atoms with Gasteiger partial charge in [-0.3, -0.25) is 9.59 Å². The van der Waals surface area contributed by atoms with Gasteiger partial charge in [0.1, 0.15) is 0 Å². The largest absolute Gasteiger partial charge is 0.343 e. The Morgan fingerprint density at radius 3 is 2.42 bits per heavy atom. The van der Waals surface area contributed by atoms with Crippen LogP contribution in [0.25, 0.3) is 0 Å². The van der Waals surface area contributed by atoms with Gasteiger partial charge in [0, 0.05) is 44.0 Å². The van der Waals surface area contributed by atoms with E-state index in [4.69, 9.17) is 34.8 Å². The monoisotopic (exact) mass is 390 g/mol. The number of hydrogen-bond acceptors (Lipinski definition) is 2. The summed E-state index contributed by atoms with van der Waals surface area (Å²) in [7, 11) is 0. The molecule has 0 unspecified atom stereocenters. The molecule has 1 aliphatic heterocycles. The zero-order chi connectivity index (χ0) is 17.7. The molecule has 1 aliphatic rings. The molecule has 1 heterocycles. The lowest BCUT2D eigenvalue weighted by atomic mass is 9.95. The molecule has 0 saturated carbocycles. The molecule has 0 aliphatic carbocycles. The predicted octanol–water partition coefficient (Wildman–Crippen LogP) is 4.21. The quantitative estimate of drug-likeness (QED) is 0.705. The number of rotatable bonds is 5. The third kappa shape index (κ3) is 4.78. The van der Waals surface area contributed by atoms with Crippen LogP contribution in [0.2, 0.25) is 10.0 Å². The van der Waals surface area contributed by atoms with Gasteiger partial charge in [0.15, 0.2) is 0 Å². The number of benzene rings is 1. The van der Waals surface area contributed by atoms with Crippen molar-refractivity contribution in [3.05, 3.63) is 28.2 Å². The summed E-state index contributed by atoms with van der Waals surface area (Å²) >= 11 is 17.9. The van der Waals surface area contributed by atoms with Gasteiger partial charge in [0.05, 0.1) is 10.0 Å². The lowest BCUT2D eigenvalue weighted by Gasteiger charge is -2.34. The van der Waals surface area contributed by atoms with Crippen molar-refractivity contribution in [1.29, 1.82) is 0 Å². The van der Waals surface area contributed by atoms with Crippen molar-refractivity contribution >= 4 is 52.3 Å². The van der Waals surface area contributed by atoms with E-state index >= 15 is 0 Å². The van der Waals surface area contributed by atoms with Crippen LogP contribution in [0.4, 0.5) is 5.69 Å². The number of alkyl halides is 1. The minimum Gasteiger partial charge on any atom is -0.343 e. The Bertz CT molecular complexity index is 601. The van der Waals surface area contributed by atoms with Crippen LogP contribution < -0.4 is 4.90 Å². The molecule has 1 fully saturated rings. The second-order valence-electron chi connectivity index (χ2n) is 5.91. The van der Waals surface area contributed by atoms with Crippen molar-refractivity contribution in [3.8, 4) is 0 Å². The first-order chi connectivity index (χ1) is 11.4. The Balaban J connectivity index is 2.13. The summed E-state index contributed by atoms with van der Waals surface area (Å²) in [6, 6.07) is 5.20. The first-order valence-corrected chi connectivity index (χ1v) is 9.31. The Labute approximate surface area is 157 Å². The molecule has 132 valence electrons. The summed E-state index contributed by atoms with van der Waals surface area (Å²) in [5, 5.41) is 0.879. The number of piperidine rings is 1. The van der Waals surface area contributed by atoms with E-state index in [9.17, 15) is 9.59 Å². The fourth-order valence-electron chi connectivity index (χ4n) is 2.90. The molecule has 0 spiro atoms. The molecule has 2 amide bonds. The SMILES string of the molecule is CC(=O)N1CCC(C(=O)N(CCCCl)c2ccc(Cl)c(Cl)c2)CC1. The summed E-state index contributed by atoms with van der Waals surface area (Å²) in [4.78, 5) is 27.9. The highest BCUT2D eigenvalue weighted by atomic mass is 35.5. The van der Waals surface area contributed by atoms with Crippen LogP contribution >= 0.6 is 34.8 Å². The van der Waals surface area contributed by atoms with E-state index in [-0.39, 0.29) is 17.7 Å². The van der Waals surface area contributed by atoms with Gasteiger partial charge in [-0.2, -0.15) is 0 Å². The molecular formula is C17H21Cl3N2O2. The van der Waals surface area contributed by atoms with Crippen LogP contribution in [0.15, 0.2) is 18.2 Å². The molecule has 0 bridgehead atoms. The molecule has 0 N–H and O–H groups in total. The highest BCUT2D eigenvalue weighted by Crippen LogP contribution is 2.29. The summed E-state index contributed by atoms with van der Waals surface area (Å²) < 4.78 is 0. The summed E-state index contributed by atoms with van der Waals surface area (Å²) in [5.41, 5.74) is 0.730. The van der Waals surface area contributed by atoms with E-state index in [1.54, 1.807) is 34.9 Å². The highest BCUT2D eigenvalue weighted by Gasteiger charge is 2.30. The molecule has 1 saturated heterocycles. The molecule has 2 rings (SSSR count). The number of likely N-dealkylation sites (tertiary alicyclic amines) is 1. The van der Waals surface area contributed by atoms with Crippen LogP contribution in [0.1, 0.15) is 26.2 Å². The number of hydrogen-bond donors (Lipinski definition) is 0. The molecule has 7 heteroatoms. The van der Waals surface area contributed by atoms with Crippen LogP contribution in [-0.2, 0) is 9.59 Å². The van der Waals surface area contributed by atoms with Gasteiger partial charge < -0.3 is 9.80 Å². The van der Waals surface area contributed by atoms with Gasteiger partial charge in [-0.15, -0.1) is 11.6 Å². The van der Waals surface area contributed by atoms with Crippen molar-refractivity contribution in [2.45, 2.75) is 26.2 Å². The molecule has 1 aromatic carbocycles. The lowest BCUT2D eigenvalue weighted by molar-refractivity contribution is -0.133. The third-order valence-electron chi connectivity index (χ3n) is 4.29. The zero-order valence-corrected chi connectivity index (χ0v) is 15.9. The Hall–Kier alpha value is -0.970. The first kappa shape index (κ1) is 19.4. The minimum atomic E-state index is -0.0922. The van der Waals surface area contributed by atoms with Gasteiger partial charge in [0.2, 0.25) is 11.8 Å². The van der Waals surface area contributed by atoms with Gasteiger partial charge in [-0.05, 0) is 37.5 Å². The number of nitrogens with zero attached hydrogens (tertiary/aromatic N) is 2. The molecule has 4 nitrogen and oxygen atoms in total. The van der Waals surface area contributed by atoms with Gasteiger partial charge in [-0.1, -0.05) is 23.2 Å². The molecule has 24 heavy (non-hydrogen) atoms. The second-order valence-corrected chi connectivity index (χ2v) is 7.10. The Kier molecular flexibility index (Phi) is 7.20. The van der Waals surface area contributed by atoms with Crippen LogP contribution in [-0.4, -0.2) is 42.2 Å². The van der Waals surface area contributed by atoms with Gasteiger partial charge in [-0.25, -0.2) is 0 Å². The van der Waals surface area contributed by atoms with Crippen molar-refractivity contribution in [3.63, 3.8) is 0 Å². The Morgan fingerprint density at radius 1 is 1.21 bits per heavy atom. The van der Waals surface area contributed by atoms with E-state index in [0.717, 1.165) is 5.69 Å². The maximum Gasteiger partial charge on any atom is 0.230 e. The summed E-state index contributed by atoms with van der Waals surface area (Å²) in [5.74, 6) is 0.505. The zero-order valence-electron chi connectivity index (χ0n) is 13.6. The normalized spacial score (nSPS) is 15.4. The maximum absolute atomic E-state index is 13.0. The lowest BCUT2D eigenvalue weighted by Crippen LogP contribution is -2.44. The standard InChI is InChI=1S/C17H21Cl3N2O2/c1-12(23)21-9-5-13(6-10-21)17(24)22(8-2-7-18)14-3-4-15(19)16(20)11-14/h3-4,11,13H,2,5-10H2,1H3. The van der Waals surface area contributed by atoms with Gasteiger partial charge in [0.25, 0.3) is 0 Å². The fourth-order valence-corrected chi connectivity index (χ4v) is 3.31. The average molecular weight is 392 g/mol. The highest BCUT2D eigenvalue weighted by molar-refractivity contribution is 6.42. The summed E-state index contributed by atoms with van der Waals surface area (Å²) in [6.45, 7) is 3.34. The fraction of sp³-hybridized carbons (Fsp3) is 0.529. The van der Waals surface area contributed by atoms with E-state index in [0.29, 0.717) is 54.8 Å². The molecule has 1 aromatic rings. The van der Waals surface area contributed by atoms with Crippen molar-refractivity contribution in [1.82, 2.24) is 4.90 Å². The summed E-state index contributed by atoms with van der Waals surface area (Å²) in [6.07, 6.45) is 2.05. The smallest absolute Gasteiger partial charge is 0.230 e. The number of anilines is 1. The van der Waals surface area contributed by atoms with E-state index < -0.39 is 0 Å². The van der Waals surface area contributed by atoms with E-state index in [2.05, 4.69) is 0 Å². The van der Waals surface area contributed by atoms with Crippen LogP contribution in [0.5, 0.6) is 0 Å². The van der Waals surface area contributed by atoms with E-state index in [1.807, 2.05) is 0 Å². The van der Waals surface area contributed by atoms with Gasteiger partial charge >= 0.3 is 0 Å². The molecule has 0 aromatic heterocycles. The van der Waals surface area contributed by atoms with Crippen molar-refractivity contribution in [2.24, 2.45) is 5.92 Å². The van der Waals surface area contributed by atoms with Crippen molar-refractivity contribution in [2.75, 3.05) is 30.4 Å². The molecule has 0 atom stereocenters. The number of carbonyl (C=O) groups is 2. The van der Waals surface area contributed by atoms with Crippen LogP contribution in [0.3, 0.4) is 0 Å². The number of carbonyl (C=O) groups excluding carboxylic acids is 2. The predicted molar refractivity (Wildman–Crippen MR) is 99.1 cm³/mol. The molecule has 0 radical (unpaired) electrons. The van der Waals surface area contributed by atoms with Crippen LogP contribution in [0, 0.1) is 5.92 Å². The Morgan fingerprint density at radius 2 is 1.88 bits per heavy atom. The minimum absolute atomic E-state index is 0.0571.